The van der Waals surface area contributed by atoms with Gasteiger partial charge >= 0.3 is 0 Å². The highest BCUT2D eigenvalue weighted by molar-refractivity contribution is 7.12. The van der Waals surface area contributed by atoms with Crippen LogP contribution >= 0.6 is 11.3 Å². The second-order valence-corrected chi connectivity index (χ2v) is 4.75. The van der Waals surface area contributed by atoms with Gasteiger partial charge in [0.1, 0.15) is 6.04 Å². The van der Waals surface area contributed by atoms with Gasteiger partial charge in [-0.15, -0.1) is 11.3 Å². The van der Waals surface area contributed by atoms with Gasteiger partial charge in [-0.3, -0.25) is 14.4 Å². The van der Waals surface area contributed by atoms with Crippen LogP contribution in [0.15, 0.2) is 17.5 Å². The Kier molecular flexibility index (Phi) is 3.75. The first-order chi connectivity index (χ1) is 8.18. The summed E-state index contributed by atoms with van der Waals surface area (Å²) in [6.45, 7) is 2.82. The lowest BCUT2D eigenvalue weighted by atomic mass is 10.3. The molecule has 1 aliphatic rings. The zero-order valence-electron chi connectivity index (χ0n) is 9.51. The van der Waals surface area contributed by atoms with Gasteiger partial charge in [-0.25, -0.2) is 5.06 Å². The Morgan fingerprint density at radius 1 is 1.59 bits per heavy atom. The number of nitrogens with zero attached hydrogens (tertiary/aromatic N) is 1. The number of hydrogen-bond acceptors (Lipinski definition) is 4. The van der Waals surface area contributed by atoms with E-state index >= 15 is 0 Å². The number of hydroxylamine groups is 2. The minimum absolute atomic E-state index is 0.201. The second kappa shape index (κ2) is 5.29. The summed E-state index contributed by atoms with van der Waals surface area (Å²) in [6, 6.07) is 2.96. The molecular weight excluding hydrogens is 240 g/mol. The molecule has 0 bridgehead atoms. The zero-order valence-corrected chi connectivity index (χ0v) is 10.3. The lowest BCUT2D eigenvalue weighted by molar-refractivity contribution is -0.170. The van der Waals surface area contributed by atoms with Crippen molar-refractivity contribution in [1.82, 2.24) is 10.4 Å². The fourth-order valence-electron chi connectivity index (χ4n) is 1.57. The summed E-state index contributed by atoms with van der Waals surface area (Å²) in [7, 11) is 0. The highest BCUT2D eigenvalue weighted by atomic mass is 32.1. The van der Waals surface area contributed by atoms with Gasteiger partial charge in [-0.1, -0.05) is 6.07 Å². The van der Waals surface area contributed by atoms with E-state index in [0.29, 0.717) is 18.0 Å². The molecule has 1 unspecified atom stereocenters. The van der Waals surface area contributed by atoms with Crippen molar-refractivity contribution in [3.05, 3.63) is 22.4 Å². The molecule has 1 aliphatic heterocycles. The lowest BCUT2D eigenvalue weighted by Crippen LogP contribution is -2.45. The number of rotatable bonds is 3. The van der Waals surface area contributed by atoms with Gasteiger partial charge in [0.2, 0.25) is 0 Å². The van der Waals surface area contributed by atoms with E-state index in [-0.39, 0.29) is 11.8 Å². The average Bonchev–Trinajstić information content (AvgIpc) is 3.00. The molecule has 1 saturated heterocycles. The minimum atomic E-state index is -0.567. The SMILES string of the molecule is CC(NC(=O)c1cccs1)C(=O)N1CCCO1. The predicted octanol–water partition coefficient (Wildman–Crippen LogP) is 1.03. The van der Waals surface area contributed by atoms with Crippen LogP contribution in [0.1, 0.15) is 23.0 Å². The fourth-order valence-corrected chi connectivity index (χ4v) is 2.20. The van der Waals surface area contributed by atoms with Crippen LogP contribution in [0.3, 0.4) is 0 Å². The molecule has 0 saturated carbocycles. The number of carbonyl (C=O) groups excluding carboxylic acids is 2. The molecule has 6 heteroatoms. The molecule has 1 fully saturated rings. The molecular formula is C11H14N2O3S. The maximum Gasteiger partial charge on any atom is 0.268 e. The van der Waals surface area contributed by atoms with Crippen molar-refractivity contribution in [2.45, 2.75) is 19.4 Å². The number of carbonyl (C=O) groups is 2. The first kappa shape index (κ1) is 12.1. The Balaban J connectivity index is 1.90. The van der Waals surface area contributed by atoms with Crippen LogP contribution in [0, 0.1) is 0 Å². The molecule has 0 aliphatic carbocycles. The lowest BCUT2D eigenvalue weighted by Gasteiger charge is -2.19. The van der Waals surface area contributed by atoms with Gasteiger partial charge in [-0.2, -0.15) is 0 Å². The Morgan fingerprint density at radius 3 is 3.00 bits per heavy atom. The zero-order chi connectivity index (χ0) is 12.3. The summed E-state index contributed by atoms with van der Waals surface area (Å²) < 4.78 is 0. The number of amides is 2. The summed E-state index contributed by atoms with van der Waals surface area (Å²) in [5.74, 6) is -0.424. The van der Waals surface area contributed by atoms with E-state index in [9.17, 15) is 9.59 Å². The molecule has 1 N–H and O–H groups in total. The van der Waals surface area contributed by atoms with E-state index in [2.05, 4.69) is 5.32 Å². The average molecular weight is 254 g/mol. The van der Waals surface area contributed by atoms with E-state index in [1.54, 1.807) is 19.1 Å². The van der Waals surface area contributed by atoms with Crippen LogP contribution in [-0.4, -0.2) is 36.1 Å². The molecule has 2 rings (SSSR count). The summed E-state index contributed by atoms with van der Waals surface area (Å²) in [5.41, 5.74) is 0. The van der Waals surface area contributed by atoms with Crippen LogP contribution < -0.4 is 5.32 Å². The summed E-state index contributed by atoms with van der Waals surface area (Å²) in [5, 5.41) is 5.80. The van der Waals surface area contributed by atoms with Gasteiger partial charge < -0.3 is 5.32 Å². The topological polar surface area (TPSA) is 58.6 Å². The normalized spacial score (nSPS) is 16.9. The third kappa shape index (κ3) is 2.83. The molecule has 0 radical (unpaired) electrons. The van der Waals surface area contributed by atoms with Gasteiger partial charge in [0, 0.05) is 0 Å². The van der Waals surface area contributed by atoms with Crippen molar-refractivity contribution >= 4 is 23.2 Å². The number of hydrogen-bond donors (Lipinski definition) is 1. The van der Waals surface area contributed by atoms with Crippen LogP contribution in [0.2, 0.25) is 0 Å². The molecule has 1 aromatic heterocycles. The van der Waals surface area contributed by atoms with Gasteiger partial charge in [0.15, 0.2) is 0 Å². The number of nitrogens with one attached hydrogen (secondary N) is 1. The maximum atomic E-state index is 11.8. The fraction of sp³-hybridized carbons (Fsp3) is 0.455. The van der Waals surface area contributed by atoms with Gasteiger partial charge in [0.05, 0.1) is 18.0 Å². The third-order valence-corrected chi connectivity index (χ3v) is 3.33. The molecule has 0 spiro atoms. The molecule has 92 valence electrons. The highest BCUT2D eigenvalue weighted by Crippen LogP contribution is 2.10. The summed E-state index contributed by atoms with van der Waals surface area (Å²) >= 11 is 1.35. The third-order valence-electron chi connectivity index (χ3n) is 2.46. The van der Waals surface area contributed by atoms with Crippen LogP contribution in [0.25, 0.3) is 0 Å². The monoisotopic (exact) mass is 254 g/mol. The van der Waals surface area contributed by atoms with Crippen molar-refractivity contribution < 1.29 is 14.4 Å². The Hall–Kier alpha value is -1.40. The van der Waals surface area contributed by atoms with Crippen molar-refractivity contribution in [3.8, 4) is 0 Å². The second-order valence-electron chi connectivity index (χ2n) is 3.80. The quantitative estimate of drug-likeness (QED) is 0.876. The molecule has 2 amide bonds. The van der Waals surface area contributed by atoms with Crippen LogP contribution in [0.4, 0.5) is 0 Å². The molecule has 0 aromatic carbocycles. The van der Waals surface area contributed by atoms with Crippen molar-refractivity contribution in [2.75, 3.05) is 13.2 Å². The van der Waals surface area contributed by atoms with E-state index < -0.39 is 6.04 Å². The first-order valence-electron chi connectivity index (χ1n) is 5.47. The standard InChI is InChI=1S/C11H14N2O3S/c1-8(11(15)13-5-3-6-16-13)12-10(14)9-4-2-7-17-9/h2,4,7-8H,3,5-6H2,1H3,(H,12,14). The van der Waals surface area contributed by atoms with E-state index in [4.69, 9.17) is 4.84 Å². The molecule has 2 heterocycles. The summed E-state index contributed by atoms with van der Waals surface area (Å²) in [4.78, 5) is 29.3. The Morgan fingerprint density at radius 2 is 2.41 bits per heavy atom. The van der Waals surface area contributed by atoms with Crippen LogP contribution in [-0.2, 0) is 9.63 Å². The molecule has 1 aromatic rings. The van der Waals surface area contributed by atoms with Crippen LogP contribution in [0.5, 0.6) is 0 Å². The predicted molar refractivity (Wildman–Crippen MR) is 63.5 cm³/mol. The molecule has 5 nitrogen and oxygen atoms in total. The van der Waals surface area contributed by atoms with Crippen molar-refractivity contribution in [2.24, 2.45) is 0 Å². The van der Waals surface area contributed by atoms with Gasteiger partial charge in [0.25, 0.3) is 11.8 Å². The first-order valence-corrected chi connectivity index (χ1v) is 6.35. The van der Waals surface area contributed by atoms with Crippen molar-refractivity contribution in [1.29, 1.82) is 0 Å². The molecule has 17 heavy (non-hydrogen) atoms. The van der Waals surface area contributed by atoms with Crippen molar-refractivity contribution in [3.63, 3.8) is 0 Å². The maximum absolute atomic E-state index is 11.8. The van der Waals surface area contributed by atoms with E-state index in [1.807, 2.05) is 5.38 Å². The highest BCUT2D eigenvalue weighted by Gasteiger charge is 2.25. The Labute approximate surface area is 103 Å². The van der Waals surface area contributed by atoms with Gasteiger partial charge in [-0.05, 0) is 24.8 Å². The molecule has 1 atom stereocenters. The smallest absolute Gasteiger partial charge is 0.268 e. The number of thiophene rings is 1. The summed E-state index contributed by atoms with van der Waals surface area (Å²) in [6.07, 6.45) is 0.845. The Bertz CT molecular complexity index is 399. The van der Waals surface area contributed by atoms with E-state index in [0.717, 1.165) is 6.42 Å². The minimum Gasteiger partial charge on any atom is -0.340 e. The largest absolute Gasteiger partial charge is 0.340 e. The van der Waals surface area contributed by atoms with E-state index in [1.165, 1.54) is 16.4 Å².